The topological polar surface area (TPSA) is 54.4 Å². The molecule has 0 spiro atoms. The van der Waals surface area contributed by atoms with Gasteiger partial charge in [0, 0.05) is 5.25 Å². The molecule has 0 amide bonds. The molecular formula is C5H8F2O3S. The van der Waals surface area contributed by atoms with Gasteiger partial charge in [0.2, 0.25) is 0 Å². The van der Waals surface area contributed by atoms with Crippen molar-refractivity contribution in [3.63, 3.8) is 0 Å². The van der Waals surface area contributed by atoms with E-state index in [4.69, 9.17) is 5.11 Å². The molecule has 0 unspecified atom stereocenters. The number of rotatable bonds is 3. The molecule has 0 aromatic rings. The number of hydrogen-bond acceptors (Lipinski definition) is 2. The quantitative estimate of drug-likeness (QED) is 0.710. The minimum atomic E-state index is -4.13. The Hall–Kier alpha value is -0.520. The van der Waals surface area contributed by atoms with Gasteiger partial charge in [0.25, 0.3) is 0 Å². The lowest BCUT2D eigenvalue weighted by Crippen LogP contribution is -2.37. The molecule has 0 heterocycles. The first-order valence-electron chi connectivity index (χ1n) is 2.82. The predicted octanol–water partition coefficient (Wildman–Crippen LogP) is 0.821. The summed E-state index contributed by atoms with van der Waals surface area (Å²) in [4.78, 5) is 9.82. The summed E-state index contributed by atoms with van der Waals surface area (Å²) in [6.07, 6.45) is 0. The Balaban J connectivity index is 4.56. The van der Waals surface area contributed by atoms with E-state index in [0.717, 1.165) is 0 Å². The summed E-state index contributed by atoms with van der Waals surface area (Å²) < 4.78 is 35.2. The molecule has 0 saturated carbocycles. The minimum absolute atomic E-state index is 0.860. The summed E-state index contributed by atoms with van der Waals surface area (Å²) in [5.74, 6) is -2.34. The van der Waals surface area contributed by atoms with Crippen LogP contribution < -0.4 is 0 Å². The fourth-order valence-corrected chi connectivity index (χ4v) is 1.15. The van der Waals surface area contributed by atoms with Crippen molar-refractivity contribution in [3.05, 3.63) is 0 Å². The Kier molecular flexibility index (Phi) is 3.10. The Morgan fingerprint density at radius 2 is 1.91 bits per heavy atom. The molecule has 0 radical (unpaired) electrons. The summed E-state index contributed by atoms with van der Waals surface area (Å²) >= 11 is 0. The lowest BCUT2D eigenvalue weighted by molar-refractivity contribution is -0.153. The molecular weight excluding hydrogens is 178 g/mol. The van der Waals surface area contributed by atoms with Gasteiger partial charge in [-0.15, -0.1) is 0 Å². The van der Waals surface area contributed by atoms with Crippen LogP contribution in [0.25, 0.3) is 0 Å². The second kappa shape index (κ2) is 3.25. The maximum absolute atomic E-state index is 12.3. The second-order valence-electron chi connectivity index (χ2n) is 2.17. The number of halogens is 2. The van der Waals surface area contributed by atoms with Crippen molar-refractivity contribution in [2.75, 3.05) is 0 Å². The van der Waals surface area contributed by atoms with Crippen LogP contribution in [0.1, 0.15) is 13.8 Å². The molecule has 0 aliphatic carbocycles. The Morgan fingerprint density at radius 1 is 1.55 bits per heavy atom. The van der Waals surface area contributed by atoms with Crippen molar-refractivity contribution < 1.29 is 22.9 Å². The molecule has 0 aliphatic heterocycles. The first-order chi connectivity index (χ1) is 4.80. The number of alkyl halides is 2. The molecule has 0 aromatic heterocycles. The van der Waals surface area contributed by atoms with Gasteiger partial charge >= 0.3 is 11.2 Å². The van der Waals surface area contributed by atoms with Crippen molar-refractivity contribution in [2.45, 2.75) is 24.4 Å². The van der Waals surface area contributed by atoms with Gasteiger partial charge in [-0.25, -0.2) is 4.79 Å². The second-order valence-corrected chi connectivity index (χ2v) is 4.22. The molecule has 0 fully saturated rings. The molecule has 0 aromatic carbocycles. The average Bonchev–Trinajstić information content (AvgIpc) is 1.85. The lowest BCUT2D eigenvalue weighted by atomic mass is 10.6. The summed E-state index contributed by atoms with van der Waals surface area (Å²) in [6.45, 7) is 2.54. The van der Waals surface area contributed by atoms with Crippen LogP contribution >= 0.6 is 0 Å². The number of hydrogen-bond donors (Lipinski definition) is 1. The van der Waals surface area contributed by atoms with Crippen molar-refractivity contribution in [3.8, 4) is 0 Å². The third-order valence-electron chi connectivity index (χ3n) is 0.930. The van der Waals surface area contributed by atoms with Crippen LogP contribution in [0.3, 0.4) is 0 Å². The van der Waals surface area contributed by atoms with Crippen molar-refractivity contribution in [2.24, 2.45) is 0 Å². The third kappa shape index (κ3) is 2.21. The van der Waals surface area contributed by atoms with Gasteiger partial charge in [0.05, 0.1) is 0 Å². The van der Waals surface area contributed by atoms with E-state index in [1.165, 1.54) is 13.8 Å². The maximum Gasteiger partial charge on any atom is 0.415 e. The van der Waals surface area contributed by atoms with Gasteiger partial charge in [-0.1, -0.05) is 13.8 Å². The first-order valence-corrected chi connectivity index (χ1v) is 4.03. The first kappa shape index (κ1) is 10.5. The average molecular weight is 186 g/mol. The SMILES string of the molecule is CC(C)[S@](=O)C(F)(F)C(=O)O. The smallest absolute Gasteiger partial charge is 0.415 e. The Morgan fingerprint density at radius 3 is 2.00 bits per heavy atom. The molecule has 0 saturated heterocycles. The van der Waals surface area contributed by atoms with Gasteiger partial charge in [-0.05, 0) is 0 Å². The van der Waals surface area contributed by atoms with Gasteiger partial charge in [0.1, 0.15) is 10.8 Å². The summed E-state index contributed by atoms with van der Waals surface area (Å²) in [5.41, 5.74) is 0. The molecule has 1 N–H and O–H groups in total. The fourth-order valence-electron chi connectivity index (χ4n) is 0.382. The van der Waals surface area contributed by atoms with E-state index in [1.54, 1.807) is 0 Å². The van der Waals surface area contributed by atoms with Crippen LogP contribution in [-0.4, -0.2) is 25.8 Å². The minimum Gasteiger partial charge on any atom is -0.476 e. The number of carboxylic acids is 1. The molecule has 66 valence electrons. The zero-order chi connectivity index (χ0) is 9.23. The standard InChI is InChI=1S/C5H8F2O3S/c1-3(2)11(10)5(6,7)4(8)9/h3H,1-2H3,(H,8,9)/t11-/m0/s1. The molecule has 0 aliphatic rings. The number of carbonyl (C=O) groups is 1. The molecule has 6 heteroatoms. The van der Waals surface area contributed by atoms with Crippen LogP contribution in [-0.2, 0) is 15.6 Å². The fraction of sp³-hybridized carbons (Fsp3) is 0.800. The van der Waals surface area contributed by atoms with Gasteiger partial charge in [-0.3, -0.25) is 4.21 Å². The molecule has 3 nitrogen and oxygen atoms in total. The molecule has 1 atom stereocenters. The molecule has 0 rings (SSSR count). The normalized spacial score (nSPS) is 15.0. The zero-order valence-corrected chi connectivity index (χ0v) is 6.82. The van der Waals surface area contributed by atoms with Crippen LogP contribution in [0.5, 0.6) is 0 Å². The van der Waals surface area contributed by atoms with Crippen molar-refractivity contribution in [1.82, 2.24) is 0 Å². The lowest BCUT2D eigenvalue weighted by Gasteiger charge is -2.12. The van der Waals surface area contributed by atoms with E-state index < -0.39 is 27.3 Å². The van der Waals surface area contributed by atoms with Crippen LogP contribution in [0.4, 0.5) is 8.78 Å². The highest BCUT2D eigenvalue weighted by Gasteiger charge is 2.47. The van der Waals surface area contributed by atoms with Crippen LogP contribution in [0.2, 0.25) is 0 Å². The summed E-state index contributed by atoms with van der Waals surface area (Å²) in [5, 5.41) is 2.93. The van der Waals surface area contributed by atoms with Gasteiger partial charge in [-0.2, -0.15) is 8.78 Å². The number of carboxylic acid groups (broad SMARTS) is 1. The molecule has 0 bridgehead atoms. The van der Waals surface area contributed by atoms with E-state index in [-0.39, 0.29) is 0 Å². The van der Waals surface area contributed by atoms with Crippen molar-refractivity contribution >= 4 is 16.8 Å². The summed E-state index contributed by atoms with van der Waals surface area (Å²) in [7, 11) is -2.65. The van der Waals surface area contributed by atoms with E-state index in [2.05, 4.69) is 0 Å². The largest absolute Gasteiger partial charge is 0.476 e. The highest BCUT2D eigenvalue weighted by Crippen LogP contribution is 2.21. The monoisotopic (exact) mass is 186 g/mol. The van der Waals surface area contributed by atoms with Gasteiger partial charge < -0.3 is 5.11 Å². The van der Waals surface area contributed by atoms with E-state index >= 15 is 0 Å². The maximum atomic E-state index is 12.3. The van der Waals surface area contributed by atoms with Crippen molar-refractivity contribution in [1.29, 1.82) is 0 Å². The zero-order valence-electron chi connectivity index (χ0n) is 6.01. The third-order valence-corrected chi connectivity index (χ3v) is 2.47. The van der Waals surface area contributed by atoms with Crippen LogP contribution in [0.15, 0.2) is 0 Å². The molecule has 11 heavy (non-hydrogen) atoms. The Bertz CT molecular complexity index is 190. The Labute approximate surface area is 64.9 Å². The van der Waals surface area contributed by atoms with E-state index in [0.29, 0.717) is 0 Å². The predicted molar refractivity (Wildman–Crippen MR) is 35.9 cm³/mol. The summed E-state index contributed by atoms with van der Waals surface area (Å²) in [6, 6.07) is 0. The van der Waals surface area contributed by atoms with E-state index in [9.17, 15) is 17.8 Å². The highest BCUT2D eigenvalue weighted by atomic mass is 32.2. The van der Waals surface area contributed by atoms with E-state index in [1.807, 2.05) is 0 Å². The van der Waals surface area contributed by atoms with Crippen LogP contribution in [0, 0.1) is 0 Å². The number of aliphatic carboxylic acids is 1. The highest BCUT2D eigenvalue weighted by molar-refractivity contribution is 7.87. The van der Waals surface area contributed by atoms with Gasteiger partial charge in [0.15, 0.2) is 0 Å².